The molecule has 0 spiro atoms. The summed E-state index contributed by atoms with van der Waals surface area (Å²) in [4.78, 5) is 20.6. The average molecular weight is 313 g/mol. The minimum atomic E-state index is -0.334. The van der Waals surface area contributed by atoms with Gasteiger partial charge in [0.1, 0.15) is 10.8 Å². The molecule has 0 aliphatic rings. The van der Waals surface area contributed by atoms with Crippen molar-refractivity contribution < 1.29 is 9.18 Å². The van der Waals surface area contributed by atoms with E-state index in [1.807, 2.05) is 24.3 Å². The average Bonchev–Trinajstić information content (AvgIpc) is 2.55. The standard InChI is InChI=1S/C16H12FN3OS/c17-11-5-7-12(8-6-11)19-15(21)10-22-16-9-18-13-3-1-2-4-14(13)20-16/h1-9H,10H2,(H,19,21). The zero-order valence-corrected chi connectivity index (χ0v) is 12.3. The first kappa shape index (κ1) is 14.5. The molecule has 2 aromatic carbocycles. The maximum atomic E-state index is 12.8. The Hall–Kier alpha value is -2.47. The molecule has 22 heavy (non-hydrogen) atoms. The number of thioether (sulfide) groups is 1. The summed E-state index contributed by atoms with van der Waals surface area (Å²) in [6.45, 7) is 0. The maximum absolute atomic E-state index is 12.8. The monoisotopic (exact) mass is 313 g/mol. The van der Waals surface area contributed by atoms with E-state index in [9.17, 15) is 9.18 Å². The van der Waals surface area contributed by atoms with Crippen molar-refractivity contribution in [1.82, 2.24) is 9.97 Å². The van der Waals surface area contributed by atoms with Crippen LogP contribution in [0.5, 0.6) is 0 Å². The van der Waals surface area contributed by atoms with E-state index in [2.05, 4.69) is 15.3 Å². The van der Waals surface area contributed by atoms with E-state index < -0.39 is 0 Å². The number of para-hydroxylation sites is 2. The highest BCUT2D eigenvalue weighted by Gasteiger charge is 2.06. The number of anilines is 1. The largest absolute Gasteiger partial charge is 0.325 e. The number of hydrogen-bond acceptors (Lipinski definition) is 4. The topological polar surface area (TPSA) is 54.9 Å². The first-order chi connectivity index (χ1) is 10.7. The fourth-order valence-electron chi connectivity index (χ4n) is 1.88. The summed E-state index contributed by atoms with van der Waals surface area (Å²) in [6, 6.07) is 13.2. The Morgan fingerprint density at radius 2 is 1.82 bits per heavy atom. The van der Waals surface area contributed by atoms with Crippen LogP contribution in [0.3, 0.4) is 0 Å². The Labute approximate surface area is 130 Å². The van der Waals surface area contributed by atoms with Crippen LogP contribution in [0.15, 0.2) is 59.8 Å². The fourth-order valence-corrected chi connectivity index (χ4v) is 2.52. The lowest BCUT2D eigenvalue weighted by Crippen LogP contribution is -2.14. The van der Waals surface area contributed by atoms with E-state index >= 15 is 0 Å². The van der Waals surface area contributed by atoms with Gasteiger partial charge in [0.15, 0.2) is 0 Å². The second kappa shape index (κ2) is 6.53. The van der Waals surface area contributed by atoms with E-state index in [1.165, 1.54) is 36.0 Å². The number of nitrogens with zero attached hydrogens (tertiary/aromatic N) is 2. The van der Waals surface area contributed by atoms with Gasteiger partial charge >= 0.3 is 0 Å². The molecular formula is C16H12FN3OS. The molecule has 0 aliphatic carbocycles. The predicted molar refractivity (Wildman–Crippen MR) is 85.3 cm³/mol. The van der Waals surface area contributed by atoms with Gasteiger partial charge in [0.05, 0.1) is 23.0 Å². The van der Waals surface area contributed by atoms with Gasteiger partial charge < -0.3 is 5.32 Å². The lowest BCUT2D eigenvalue weighted by atomic mass is 10.3. The number of hydrogen-bond donors (Lipinski definition) is 1. The van der Waals surface area contributed by atoms with Gasteiger partial charge in [0.25, 0.3) is 0 Å². The highest BCUT2D eigenvalue weighted by molar-refractivity contribution is 7.99. The first-order valence-corrected chi connectivity index (χ1v) is 7.59. The van der Waals surface area contributed by atoms with Crippen molar-refractivity contribution in [2.45, 2.75) is 5.03 Å². The number of halogens is 1. The number of fused-ring (bicyclic) bond motifs is 1. The van der Waals surface area contributed by atoms with Crippen molar-refractivity contribution in [2.75, 3.05) is 11.1 Å². The summed E-state index contributed by atoms with van der Waals surface area (Å²) < 4.78 is 12.8. The molecule has 0 bridgehead atoms. The molecule has 1 heterocycles. The third-order valence-corrected chi connectivity index (χ3v) is 3.80. The van der Waals surface area contributed by atoms with Crippen LogP contribution in [-0.2, 0) is 4.79 Å². The second-order valence-corrected chi connectivity index (χ2v) is 5.54. The Kier molecular flexibility index (Phi) is 4.29. The van der Waals surface area contributed by atoms with E-state index in [1.54, 1.807) is 6.20 Å². The summed E-state index contributed by atoms with van der Waals surface area (Å²) >= 11 is 1.31. The molecule has 0 aliphatic heterocycles. The highest BCUT2D eigenvalue weighted by atomic mass is 32.2. The first-order valence-electron chi connectivity index (χ1n) is 6.61. The van der Waals surface area contributed by atoms with Crippen LogP contribution >= 0.6 is 11.8 Å². The van der Waals surface area contributed by atoms with E-state index in [0.717, 1.165) is 11.0 Å². The molecule has 3 rings (SSSR count). The molecule has 3 aromatic rings. The second-order valence-electron chi connectivity index (χ2n) is 4.54. The van der Waals surface area contributed by atoms with E-state index in [4.69, 9.17) is 0 Å². The van der Waals surface area contributed by atoms with Crippen molar-refractivity contribution >= 4 is 34.4 Å². The lowest BCUT2D eigenvalue weighted by molar-refractivity contribution is -0.113. The van der Waals surface area contributed by atoms with Crippen LogP contribution in [-0.4, -0.2) is 21.6 Å². The summed E-state index contributed by atoms with van der Waals surface area (Å²) in [7, 11) is 0. The molecule has 4 nitrogen and oxygen atoms in total. The van der Waals surface area contributed by atoms with Crippen molar-refractivity contribution in [3.8, 4) is 0 Å². The zero-order chi connectivity index (χ0) is 15.4. The normalized spacial score (nSPS) is 10.6. The molecule has 6 heteroatoms. The smallest absolute Gasteiger partial charge is 0.234 e. The molecular weight excluding hydrogens is 301 g/mol. The van der Waals surface area contributed by atoms with Crippen molar-refractivity contribution in [3.63, 3.8) is 0 Å². The molecule has 0 fully saturated rings. The molecule has 110 valence electrons. The van der Waals surface area contributed by atoms with Gasteiger partial charge in [-0.2, -0.15) is 0 Å². The third kappa shape index (κ3) is 3.59. The van der Waals surface area contributed by atoms with Crippen LogP contribution < -0.4 is 5.32 Å². The predicted octanol–water partition coefficient (Wildman–Crippen LogP) is 3.50. The van der Waals surface area contributed by atoms with E-state index in [0.29, 0.717) is 10.7 Å². The lowest BCUT2D eigenvalue weighted by Gasteiger charge is -2.05. The molecule has 0 atom stereocenters. The van der Waals surface area contributed by atoms with Crippen molar-refractivity contribution in [3.05, 3.63) is 60.5 Å². The number of carbonyl (C=O) groups is 1. The Bertz CT molecular complexity index is 808. The molecule has 0 radical (unpaired) electrons. The van der Waals surface area contributed by atoms with Gasteiger partial charge in [-0.25, -0.2) is 9.37 Å². The Balaban J connectivity index is 1.60. The molecule has 0 unspecified atom stereocenters. The van der Waals surface area contributed by atoms with Gasteiger partial charge in [-0.05, 0) is 36.4 Å². The number of rotatable bonds is 4. The van der Waals surface area contributed by atoms with Crippen LogP contribution in [0.25, 0.3) is 11.0 Å². The summed E-state index contributed by atoms with van der Waals surface area (Å²) in [5.41, 5.74) is 2.19. The maximum Gasteiger partial charge on any atom is 0.234 e. The van der Waals surface area contributed by atoms with Gasteiger partial charge in [-0.3, -0.25) is 9.78 Å². The van der Waals surface area contributed by atoms with Gasteiger partial charge in [-0.15, -0.1) is 0 Å². The van der Waals surface area contributed by atoms with E-state index in [-0.39, 0.29) is 17.5 Å². The molecule has 1 amide bonds. The quantitative estimate of drug-likeness (QED) is 0.749. The number of carbonyl (C=O) groups excluding carboxylic acids is 1. The summed E-state index contributed by atoms with van der Waals surface area (Å²) in [5.74, 6) is -0.296. The Morgan fingerprint density at radius 3 is 2.59 bits per heavy atom. The van der Waals surface area contributed by atoms with Gasteiger partial charge in [-0.1, -0.05) is 23.9 Å². The number of nitrogens with one attached hydrogen (secondary N) is 1. The number of amides is 1. The number of benzene rings is 2. The third-order valence-electron chi connectivity index (χ3n) is 2.91. The molecule has 0 saturated heterocycles. The molecule has 1 N–H and O–H groups in total. The number of aromatic nitrogens is 2. The van der Waals surface area contributed by atoms with Crippen LogP contribution in [0, 0.1) is 5.82 Å². The minimum absolute atomic E-state index is 0.174. The van der Waals surface area contributed by atoms with Gasteiger partial charge in [0, 0.05) is 5.69 Å². The molecule has 0 saturated carbocycles. The fraction of sp³-hybridized carbons (Fsp3) is 0.0625. The van der Waals surface area contributed by atoms with Crippen molar-refractivity contribution in [1.29, 1.82) is 0 Å². The highest BCUT2D eigenvalue weighted by Crippen LogP contribution is 2.18. The van der Waals surface area contributed by atoms with Crippen LogP contribution in [0.2, 0.25) is 0 Å². The van der Waals surface area contributed by atoms with Gasteiger partial charge in [0.2, 0.25) is 5.91 Å². The SMILES string of the molecule is O=C(CSc1cnc2ccccc2n1)Nc1ccc(F)cc1. The summed E-state index contributed by atoms with van der Waals surface area (Å²) in [6.07, 6.45) is 1.65. The minimum Gasteiger partial charge on any atom is -0.325 e. The van der Waals surface area contributed by atoms with Crippen LogP contribution in [0.1, 0.15) is 0 Å². The van der Waals surface area contributed by atoms with Crippen LogP contribution in [0.4, 0.5) is 10.1 Å². The Morgan fingerprint density at radius 1 is 1.09 bits per heavy atom. The zero-order valence-electron chi connectivity index (χ0n) is 11.5. The molecule has 1 aromatic heterocycles. The van der Waals surface area contributed by atoms with Crippen molar-refractivity contribution in [2.24, 2.45) is 0 Å². The summed E-state index contributed by atoms with van der Waals surface area (Å²) in [5, 5.41) is 3.39.